The van der Waals surface area contributed by atoms with E-state index in [1.165, 1.54) is 6.92 Å². The lowest BCUT2D eigenvalue weighted by atomic mass is 9.46. The zero-order valence-corrected chi connectivity index (χ0v) is 30.4. The van der Waals surface area contributed by atoms with Crippen molar-refractivity contribution < 1.29 is 69.3 Å². The molecule has 294 valence electrons. The van der Waals surface area contributed by atoms with E-state index in [4.69, 9.17) is 28.4 Å². The summed E-state index contributed by atoms with van der Waals surface area (Å²) in [5.41, 5.74) is 0.956. The van der Waals surface area contributed by atoms with Crippen molar-refractivity contribution in [2.75, 3.05) is 13.2 Å². The van der Waals surface area contributed by atoms with Gasteiger partial charge in [-0.15, -0.1) is 0 Å². The molecule has 8 N–H and O–H groups in total. The van der Waals surface area contributed by atoms with Gasteiger partial charge in [0.05, 0.1) is 37.6 Å². The lowest BCUT2D eigenvalue weighted by Crippen LogP contribution is -2.63. The van der Waals surface area contributed by atoms with Gasteiger partial charge in [0, 0.05) is 17.8 Å². The van der Waals surface area contributed by atoms with Crippen LogP contribution in [0.1, 0.15) is 66.2 Å². The zero-order valence-electron chi connectivity index (χ0n) is 30.4. The molecule has 14 nitrogen and oxygen atoms in total. The molecule has 52 heavy (non-hydrogen) atoms. The molecule has 0 radical (unpaired) electrons. The van der Waals surface area contributed by atoms with Gasteiger partial charge in [-0.3, -0.25) is 0 Å². The van der Waals surface area contributed by atoms with Gasteiger partial charge in [0.2, 0.25) is 5.79 Å². The lowest BCUT2D eigenvalue weighted by molar-refractivity contribution is -0.362. The molecule has 0 aromatic heterocycles. The van der Waals surface area contributed by atoms with E-state index in [0.717, 1.165) is 31.3 Å². The van der Waals surface area contributed by atoms with E-state index in [-0.39, 0.29) is 48.4 Å². The Labute approximate surface area is 304 Å². The van der Waals surface area contributed by atoms with Crippen LogP contribution in [0.3, 0.4) is 0 Å². The first-order chi connectivity index (χ1) is 24.5. The minimum absolute atomic E-state index is 0.106. The monoisotopic (exact) mass is 738 g/mol. The van der Waals surface area contributed by atoms with Gasteiger partial charge >= 0.3 is 0 Å². The van der Waals surface area contributed by atoms with Crippen LogP contribution in [0.15, 0.2) is 23.8 Å². The van der Waals surface area contributed by atoms with Crippen LogP contribution in [-0.2, 0) is 28.4 Å². The fourth-order valence-electron chi connectivity index (χ4n) is 12.3. The van der Waals surface area contributed by atoms with Crippen LogP contribution in [0.2, 0.25) is 0 Å². The molecule has 22 atom stereocenters. The third-order valence-electron chi connectivity index (χ3n) is 15.2. The molecule has 4 heterocycles. The maximum Gasteiger partial charge on any atom is 0.200 e. The highest BCUT2D eigenvalue weighted by molar-refractivity contribution is 5.29. The number of aliphatic hydroxyl groups is 8. The van der Waals surface area contributed by atoms with Crippen LogP contribution in [0.4, 0.5) is 0 Å². The van der Waals surface area contributed by atoms with E-state index >= 15 is 0 Å². The van der Waals surface area contributed by atoms with Crippen molar-refractivity contribution in [2.45, 2.75) is 158 Å². The summed E-state index contributed by atoms with van der Waals surface area (Å²) in [5, 5.41) is 86.1. The van der Waals surface area contributed by atoms with E-state index in [1.807, 2.05) is 0 Å². The molecule has 4 aliphatic heterocycles. The second-order valence-corrected chi connectivity index (χ2v) is 17.7. The summed E-state index contributed by atoms with van der Waals surface area (Å²) in [6.07, 6.45) is -9.34. The minimum atomic E-state index is -1.64. The Kier molecular flexibility index (Phi) is 9.65. The van der Waals surface area contributed by atoms with Gasteiger partial charge in [0.1, 0.15) is 48.8 Å². The minimum Gasteiger partial charge on any atom is -0.393 e. The van der Waals surface area contributed by atoms with Crippen LogP contribution >= 0.6 is 0 Å². The average Bonchev–Trinajstić information content (AvgIpc) is 3.57. The van der Waals surface area contributed by atoms with E-state index in [9.17, 15) is 40.9 Å². The molecule has 14 heteroatoms. The summed E-state index contributed by atoms with van der Waals surface area (Å²) in [4.78, 5) is 0. The number of ether oxygens (including phenoxy) is 6. The third kappa shape index (κ3) is 5.42. The zero-order chi connectivity index (χ0) is 37.2. The Balaban J connectivity index is 1.04. The summed E-state index contributed by atoms with van der Waals surface area (Å²) in [7, 11) is 0. The van der Waals surface area contributed by atoms with Crippen molar-refractivity contribution in [3.8, 4) is 0 Å². The Hall–Kier alpha value is -1.08. The first kappa shape index (κ1) is 37.8. The van der Waals surface area contributed by atoms with Crippen molar-refractivity contribution >= 4 is 0 Å². The van der Waals surface area contributed by atoms with Crippen LogP contribution in [0.5, 0.6) is 0 Å². The SMILES string of the molecule is C=C1CO[C@@]2(O[C@H]3C[C@H]4[C@@H]5CC=C6C[C@@H](O)C[C@@H](O[C@@H]7OC[C@H](O)[C@H](O)[C@H]7O[C@@H]7O[C@@H](C)[C@H](O)[C@@H](O)[C@H]7O)[C@]6(C)[C@H]5CC[C@]4(C)[C@H]3[C@@H]2C)[C@H](O)[C@H]1O. The number of hydrogen-bond donors (Lipinski definition) is 8. The number of hydrogen-bond acceptors (Lipinski definition) is 14. The highest BCUT2D eigenvalue weighted by atomic mass is 16.8. The van der Waals surface area contributed by atoms with Gasteiger partial charge in [0.25, 0.3) is 0 Å². The summed E-state index contributed by atoms with van der Waals surface area (Å²) in [6, 6.07) is 0. The fraction of sp³-hybridized carbons (Fsp3) is 0.895. The Morgan fingerprint density at radius 1 is 0.885 bits per heavy atom. The summed E-state index contributed by atoms with van der Waals surface area (Å²) < 4.78 is 37.3. The molecule has 0 bridgehead atoms. The topological polar surface area (TPSA) is 217 Å². The van der Waals surface area contributed by atoms with Gasteiger partial charge in [-0.05, 0) is 73.7 Å². The normalized spacial score (nSPS) is 59.0. The first-order valence-electron chi connectivity index (χ1n) is 19.2. The second-order valence-electron chi connectivity index (χ2n) is 17.7. The summed E-state index contributed by atoms with van der Waals surface area (Å²) in [6.45, 7) is 11.9. The van der Waals surface area contributed by atoms with Crippen molar-refractivity contribution in [2.24, 2.45) is 40.4 Å². The predicted molar refractivity (Wildman–Crippen MR) is 180 cm³/mol. The van der Waals surface area contributed by atoms with Crippen LogP contribution in [0, 0.1) is 40.4 Å². The van der Waals surface area contributed by atoms with Crippen LogP contribution in [-0.4, -0.2) is 146 Å². The van der Waals surface area contributed by atoms with Crippen molar-refractivity contribution in [1.29, 1.82) is 0 Å². The van der Waals surface area contributed by atoms with Crippen molar-refractivity contribution in [1.82, 2.24) is 0 Å². The molecule has 4 saturated heterocycles. The average molecular weight is 739 g/mol. The van der Waals surface area contributed by atoms with Gasteiger partial charge in [-0.25, -0.2) is 0 Å². The van der Waals surface area contributed by atoms with Gasteiger partial charge in [0.15, 0.2) is 12.6 Å². The molecule has 0 aromatic carbocycles. The van der Waals surface area contributed by atoms with E-state index in [0.29, 0.717) is 24.3 Å². The largest absolute Gasteiger partial charge is 0.393 e. The maximum atomic E-state index is 11.2. The molecular weight excluding hydrogens is 680 g/mol. The number of fused-ring (bicyclic) bond motifs is 7. The van der Waals surface area contributed by atoms with E-state index in [2.05, 4.69) is 33.4 Å². The van der Waals surface area contributed by atoms with Crippen LogP contribution < -0.4 is 0 Å². The third-order valence-corrected chi connectivity index (χ3v) is 15.2. The molecule has 7 fully saturated rings. The fourth-order valence-corrected chi connectivity index (χ4v) is 12.3. The van der Waals surface area contributed by atoms with E-state index in [1.54, 1.807) is 0 Å². The number of aliphatic hydroxyl groups excluding tert-OH is 8. The molecular formula is C38H58O14. The summed E-state index contributed by atoms with van der Waals surface area (Å²) >= 11 is 0. The van der Waals surface area contributed by atoms with Crippen LogP contribution in [0.25, 0.3) is 0 Å². The Bertz CT molecular complexity index is 1410. The number of allylic oxidation sites excluding steroid dienone is 1. The standard InChI is InChI=1S/C38H58O14/c1-15-13-48-38(33(46)27(15)41)16(2)26-24(52-38)12-22-20-7-6-18-10-19(39)11-25(37(18,5)21(20)8-9-36(22,26)4)50-35-32(29(43)23(40)14-47-35)51-34-31(45)30(44)28(42)17(3)49-34/h6,16-17,19-35,39-46H,1,7-14H2,2-5H3/t16-,17-,19+,20+,21-,22-,23-,24-,25+,26-,27-,28-,29-,30+,31+,32+,33+,34-,35-,36-,37-,38-/m0/s1. The lowest BCUT2D eigenvalue weighted by Gasteiger charge is -2.60. The number of rotatable bonds is 4. The predicted octanol–water partition coefficient (Wildman–Crippen LogP) is -0.138. The second kappa shape index (κ2) is 13.3. The molecule has 0 unspecified atom stereocenters. The highest BCUT2D eigenvalue weighted by Gasteiger charge is 2.71. The summed E-state index contributed by atoms with van der Waals surface area (Å²) in [5.74, 6) is -0.555. The van der Waals surface area contributed by atoms with E-state index < -0.39 is 90.9 Å². The molecule has 1 spiro atoms. The molecule has 0 amide bonds. The maximum absolute atomic E-state index is 11.2. The highest BCUT2D eigenvalue weighted by Crippen LogP contribution is 2.71. The van der Waals surface area contributed by atoms with Gasteiger partial charge in [-0.2, -0.15) is 0 Å². The van der Waals surface area contributed by atoms with Gasteiger partial charge < -0.3 is 69.3 Å². The molecule has 8 aliphatic rings. The quantitative estimate of drug-likeness (QED) is 0.176. The first-order valence-corrected chi connectivity index (χ1v) is 19.2. The molecule has 4 aliphatic carbocycles. The molecule has 0 aromatic rings. The van der Waals surface area contributed by atoms with Crippen molar-refractivity contribution in [3.05, 3.63) is 23.8 Å². The Morgan fingerprint density at radius 2 is 1.63 bits per heavy atom. The van der Waals surface area contributed by atoms with Gasteiger partial charge in [-0.1, -0.05) is 39.0 Å². The molecule has 8 rings (SSSR count). The smallest absolute Gasteiger partial charge is 0.200 e. The van der Waals surface area contributed by atoms with Crippen molar-refractivity contribution in [3.63, 3.8) is 0 Å². The Morgan fingerprint density at radius 3 is 2.38 bits per heavy atom. The molecule has 3 saturated carbocycles.